The largest absolute Gasteiger partial charge is 1.00 e. The Labute approximate surface area is 595 Å². The van der Waals surface area contributed by atoms with Crippen LogP contribution >= 0.6 is 22.6 Å². The van der Waals surface area contributed by atoms with Crippen molar-refractivity contribution in [3.05, 3.63) is 140 Å². The molecular formula is C64H65FI2N9NaO18. The number of hydrogen-bond donors (Lipinski definition) is 7. The number of carbonyl (C=O) groups is 16. The molecule has 4 atom stereocenters. The molecular weight excluding hydrogens is 1480 g/mol. The number of aryl methyl sites for hydroxylation is 3. The third-order valence-electron chi connectivity index (χ3n) is 16.2. The summed E-state index contributed by atoms with van der Waals surface area (Å²) >= 11 is 2.27. The molecule has 4 saturated heterocycles. The Kier molecular flexibility index (Phi) is 27.5. The molecule has 8 aliphatic rings. The molecule has 8 aliphatic heterocycles. The zero-order valence-corrected chi connectivity index (χ0v) is 57.9. The first kappa shape index (κ1) is 76.3. The average molecular weight is 1540 g/mol. The van der Waals surface area contributed by atoms with Crippen molar-refractivity contribution in [3.63, 3.8) is 0 Å². The van der Waals surface area contributed by atoms with Gasteiger partial charge in [0.25, 0.3) is 47.3 Å². The number of imide groups is 8. The summed E-state index contributed by atoms with van der Waals surface area (Å²) in [5, 5.41) is 25.3. The first-order valence-electron chi connectivity index (χ1n) is 30.0. The van der Waals surface area contributed by atoms with Crippen LogP contribution < -0.4 is 80.5 Å². The van der Waals surface area contributed by atoms with Crippen LogP contribution in [0.1, 0.15) is 184 Å². The zero-order valence-electron chi connectivity index (χ0n) is 51.6. The van der Waals surface area contributed by atoms with Crippen molar-refractivity contribution in [2.45, 2.75) is 127 Å². The summed E-state index contributed by atoms with van der Waals surface area (Å²) < 4.78 is 14.6. The maximum absolute atomic E-state index is 13.7. The van der Waals surface area contributed by atoms with E-state index in [1.54, 1.807) is 42.5 Å². The number of amides is 16. The number of unbranched alkanes of at least 4 members (excludes halogenated alkanes) is 1. The van der Waals surface area contributed by atoms with Crippen LogP contribution in [0.4, 0.5) is 4.39 Å². The van der Waals surface area contributed by atoms with Crippen LogP contribution in [0.5, 0.6) is 0 Å². The van der Waals surface area contributed by atoms with Gasteiger partial charge in [-0.3, -0.25) is 118 Å². The van der Waals surface area contributed by atoms with Gasteiger partial charge in [0.2, 0.25) is 47.3 Å². The molecule has 0 bridgehead atoms. The molecule has 4 unspecified atom stereocenters. The first-order valence-corrected chi connectivity index (χ1v) is 31.6. The van der Waals surface area contributed by atoms with Crippen LogP contribution in [-0.4, -0.2) is 173 Å². The number of alkyl halides is 1. The van der Waals surface area contributed by atoms with E-state index in [2.05, 4.69) is 50.8 Å². The quantitative estimate of drug-likeness (QED) is 0.0274. The minimum Gasteiger partial charge on any atom is -1.00 e. The third-order valence-corrected chi connectivity index (χ3v) is 17.0. The molecule has 0 aromatic heterocycles. The van der Waals surface area contributed by atoms with E-state index in [-0.39, 0.29) is 147 Å². The molecule has 16 amide bonds. The fourth-order valence-corrected chi connectivity index (χ4v) is 12.1. The zero-order chi connectivity index (χ0) is 67.5. The molecule has 31 heteroatoms. The van der Waals surface area contributed by atoms with Crippen LogP contribution in [0, 0.1) is 5.82 Å². The number of carbonyl (C=O) groups excluding carboxylic acids is 16. The Balaban J connectivity index is 0.000000195. The Morgan fingerprint density at radius 2 is 0.705 bits per heavy atom. The number of nitrogens with zero attached hydrogens (tertiary/aromatic N) is 4. The smallest absolute Gasteiger partial charge is 1.00 e. The van der Waals surface area contributed by atoms with Crippen LogP contribution in [0.25, 0.3) is 0 Å². The number of rotatable bonds is 14. The van der Waals surface area contributed by atoms with Gasteiger partial charge in [0, 0.05) is 38.8 Å². The van der Waals surface area contributed by atoms with Gasteiger partial charge in [-0.15, -0.1) is 0 Å². The van der Waals surface area contributed by atoms with E-state index >= 15 is 0 Å². The van der Waals surface area contributed by atoms with Crippen LogP contribution in [-0.2, 0) is 57.6 Å². The van der Waals surface area contributed by atoms with Gasteiger partial charge in [0.05, 0.1) is 51.1 Å². The standard InChI is InChI=1S/C17H18N2O4.C16H15IN2O4.C16H16N2O5.C13H9FN2O4.C2H7NO.HI.Na/c1-2-3-5-10-6-4-7-11-14(10)17(23)19(16(11)22)12-8-9-13(20)18-15(12)21;17-8-2-4-9-3-1-5-10-13(9)16(23)19(15(10)22)11-6-7-12(20)18-14(11)21;19-8-2-4-9-3-1-5-10-13(9)16(23)18(15(10)22)11-6-7-12(20)17-14(11)21;14-7-3-1-2-6-10(7)13(20)16(12(6)19)8-4-5-9(17)15-11(8)18;3-1-2-4;;/h4,6-7,12H,2-3,5,8-9H2,1H3,(H,18,20,21);1,3,5,11H,2,4,6-8H2,(H,18,20,21);1,3,5,11,19H,2,4,6-8H2,(H,17,20,21);1-3,8H,4-5H2,(H,15,17,18);4H,1-3H2;1H;/q;;;;;;+1/p-1. The van der Waals surface area contributed by atoms with Crippen molar-refractivity contribution in [1.82, 2.24) is 40.9 Å². The van der Waals surface area contributed by atoms with Crippen molar-refractivity contribution in [2.24, 2.45) is 5.73 Å². The van der Waals surface area contributed by atoms with Crippen molar-refractivity contribution in [1.29, 1.82) is 0 Å². The monoisotopic (exact) mass is 1540 g/mol. The van der Waals surface area contributed by atoms with Crippen LogP contribution in [0.3, 0.4) is 0 Å². The van der Waals surface area contributed by atoms with Gasteiger partial charge < -0.3 is 39.9 Å². The molecule has 0 spiro atoms. The van der Waals surface area contributed by atoms with Crippen molar-refractivity contribution in [3.8, 4) is 0 Å². The fraction of sp³-hybridized carbons (Fsp3) is 0.375. The molecule has 4 aromatic carbocycles. The Morgan fingerprint density at radius 1 is 0.432 bits per heavy atom. The molecule has 12 rings (SSSR count). The fourth-order valence-electron chi connectivity index (χ4n) is 11.7. The van der Waals surface area contributed by atoms with E-state index in [9.17, 15) is 81.1 Å². The SMILES string of the molecule is CCCCc1cccc2c1C(=O)N(C1CCC(=O)NC1=O)C2=O.NCCO.O=C1CCC(N2C(=O)c3cccc(CCCI)c3C2=O)C(=O)N1.O=C1CCC(N2C(=O)c3cccc(CCCO)c3C2=O)C(=O)N1.O=C1CCC(N2C(=O)c3cccc(F)c3C2=O)C(=O)N1.[I-].[Na+]. The van der Waals surface area contributed by atoms with Gasteiger partial charge in [-0.05, 0) is 116 Å². The number of piperidine rings is 4. The second kappa shape index (κ2) is 34.3. The summed E-state index contributed by atoms with van der Waals surface area (Å²) in [7, 11) is 0. The van der Waals surface area contributed by atoms with E-state index in [0.29, 0.717) is 59.2 Å². The predicted molar refractivity (Wildman–Crippen MR) is 330 cm³/mol. The van der Waals surface area contributed by atoms with Crippen molar-refractivity contribution < 1.29 is 145 Å². The molecule has 496 valence electrons. The number of nitrogens with one attached hydrogen (secondary N) is 4. The number of benzene rings is 4. The van der Waals surface area contributed by atoms with Crippen LogP contribution in [0.2, 0.25) is 0 Å². The van der Waals surface area contributed by atoms with Crippen molar-refractivity contribution >= 4 is 117 Å². The minimum absolute atomic E-state index is 0. The molecule has 8 N–H and O–H groups in total. The van der Waals surface area contributed by atoms with Gasteiger partial charge in [0.15, 0.2) is 0 Å². The number of fused-ring (bicyclic) bond motifs is 4. The second-order valence-electron chi connectivity index (χ2n) is 22.2. The topological polar surface area (TPSA) is 401 Å². The molecule has 8 heterocycles. The van der Waals surface area contributed by atoms with Crippen LogP contribution in [0.15, 0.2) is 72.8 Å². The first-order chi connectivity index (χ1) is 44.5. The molecule has 95 heavy (non-hydrogen) atoms. The summed E-state index contributed by atoms with van der Waals surface area (Å²) in [6.45, 7) is 2.52. The second-order valence-corrected chi connectivity index (χ2v) is 23.3. The Morgan fingerprint density at radius 3 is 0.968 bits per heavy atom. The molecule has 0 radical (unpaired) electrons. The molecule has 0 aliphatic carbocycles. The number of nitrogens with two attached hydrogens (primary N) is 1. The molecule has 4 aromatic rings. The van der Waals surface area contributed by atoms with Gasteiger partial charge in [-0.1, -0.05) is 78.4 Å². The predicted octanol–water partition coefficient (Wildman–Crippen LogP) is -3.93. The van der Waals surface area contributed by atoms with E-state index in [0.717, 1.165) is 66.9 Å². The van der Waals surface area contributed by atoms with E-state index in [4.69, 9.17) is 15.9 Å². The normalized spacial score (nSPS) is 20.0. The maximum Gasteiger partial charge on any atom is 1.00 e. The number of aliphatic hydroxyl groups excluding tert-OH is 2. The summed E-state index contributed by atoms with van der Waals surface area (Å²) in [6.07, 6.45) is 6.18. The average Bonchev–Trinajstić information content (AvgIpc) is 1.65. The number of hydrogen-bond acceptors (Lipinski definition) is 19. The summed E-state index contributed by atoms with van der Waals surface area (Å²) in [5.74, 6) is -9.18. The van der Waals surface area contributed by atoms with E-state index in [1.165, 1.54) is 12.1 Å². The van der Waals surface area contributed by atoms with Gasteiger partial charge in [0.1, 0.15) is 30.0 Å². The van der Waals surface area contributed by atoms with E-state index < -0.39 is 113 Å². The third kappa shape index (κ3) is 16.4. The number of halogens is 3. The van der Waals surface area contributed by atoms with Gasteiger partial charge >= 0.3 is 29.6 Å². The summed E-state index contributed by atoms with van der Waals surface area (Å²) in [5.41, 5.74) is 8.88. The molecule has 4 fully saturated rings. The van der Waals surface area contributed by atoms with Gasteiger partial charge in [-0.2, -0.15) is 0 Å². The minimum atomic E-state index is -1.07. The Hall–Kier alpha value is -7.73. The van der Waals surface area contributed by atoms with Gasteiger partial charge in [-0.25, -0.2) is 4.39 Å². The Bertz CT molecular complexity index is 3540. The number of aliphatic hydroxyl groups is 2. The summed E-state index contributed by atoms with van der Waals surface area (Å²) in [4.78, 5) is 197. The molecule has 0 saturated carbocycles. The van der Waals surface area contributed by atoms with E-state index in [1.807, 2.05) is 12.1 Å². The maximum atomic E-state index is 13.7. The van der Waals surface area contributed by atoms with Crippen molar-refractivity contribution in [2.75, 3.05) is 24.2 Å². The summed E-state index contributed by atoms with van der Waals surface area (Å²) in [6, 6.07) is 15.4. The molecule has 27 nitrogen and oxygen atoms in total.